The van der Waals surface area contributed by atoms with Crippen LogP contribution in [0.2, 0.25) is 0 Å². The molecule has 1 saturated heterocycles. The molecule has 2 aliphatic rings. The summed E-state index contributed by atoms with van der Waals surface area (Å²) in [7, 11) is 8.33. The number of likely N-dealkylation sites (N-methyl/N-ethyl adjacent to an activating group) is 2. The van der Waals surface area contributed by atoms with Crippen LogP contribution in [0.1, 0.15) is 6.92 Å². The van der Waals surface area contributed by atoms with Gasteiger partial charge in [-0.15, -0.1) is 0 Å². The summed E-state index contributed by atoms with van der Waals surface area (Å²) in [6.07, 6.45) is 8.73. The fraction of sp³-hybridized carbons (Fsp3) is 0.280. The summed E-state index contributed by atoms with van der Waals surface area (Å²) in [5.41, 5.74) is 4.98. The van der Waals surface area contributed by atoms with Crippen molar-refractivity contribution < 1.29 is 0 Å². The van der Waals surface area contributed by atoms with Gasteiger partial charge in [-0.2, -0.15) is 0 Å². The van der Waals surface area contributed by atoms with Gasteiger partial charge in [-0.3, -0.25) is 0 Å². The van der Waals surface area contributed by atoms with E-state index in [9.17, 15) is 0 Å². The zero-order chi connectivity index (χ0) is 21.8. The van der Waals surface area contributed by atoms with Crippen LogP contribution in [0.15, 0.2) is 82.8 Å². The van der Waals surface area contributed by atoms with Crippen molar-refractivity contribution in [2.24, 2.45) is 24.1 Å². The SMILES string of the molecule is CN1/C(=N/c2ccc(N=c3n(C)c4ccccc4n3C)cc2)N(C)C2(C)C=CC=CC12. The number of rotatable bonds is 2. The highest BCUT2D eigenvalue weighted by Gasteiger charge is 2.47. The molecule has 0 spiro atoms. The lowest BCUT2D eigenvalue weighted by Gasteiger charge is -2.34. The van der Waals surface area contributed by atoms with Crippen molar-refractivity contribution in [3.63, 3.8) is 0 Å². The van der Waals surface area contributed by atoms with Crippen LogP contribution in [-0.2, 0) is 14.1 Å². The van der Waals surface area contributed by atoms with Crippen molar-refractivity contribution in [3.05, 3.63) is 78.5 Å². The van der Waals surface area contributed by atoms with E-state index in [1.165, 1.54) is 0 Å². The number of aryl methyl sites for hydroxylation is 2. The average molecular weight is 413 g/mol. The molecule has 0 bridgehead atoms. The summed E-state index contributed by atoms with van der Waals surface area (Å²) >= 11 is 0. The topological polar surface area (TPSA) is 41.1 Å². The van der Waals surface area contributed by atoms with Gasteiger partial charge < -0.3 is 18.9 Å². The number of guanidine groups is 1. The minimum atomic E-state index is -0.0824. The maximum absolute atomic E-state index is 4.96. The lowest BCUT2D eigenvalue weighted by molar-refractivity contribution is 0.278. The molecule has 0 radical (unpaired) electrons. The molecule has 0 amide bonds. The smallest absolute Gasteiger partial charge is 0.210 e. The molecule has 1 aliphatic carbocycles. The summed E-state index contributed by atoms with van der Waals surface area (Å²) in [6, 6.07) is 16.7. The number of para-hydroxylation sites is 2. The van der Waals surface area contributed by atoms with Crippen molar-refractivity contribution in [2.45, 2.75) is 18.5 Å². The van der Waals surface area contributed by atoms with E-state index >= 15 is 0 Å². The molecule has 1 fully saturated rings. The zero-order valence-corrected chi connectivity index (χ0v) is 18.7. The summed E-state index contributed by atoms with van der Waals surface area (Å²) in [6.45, 7) is 2.25. The van der Waals surface area contributed by atoms with Gasteiger partial charge in [-0.25, -0.2) is 9.98 Å². The Morgan fingerprint density at radius 1 is 0.774 bits per heavy atom. The number of fused-ring (bicyclic) bond motifs is 2. The summed E-state index contributed by atoms with van der Waals surface area (Å²) in [5.74, 6) is 0.966. The molecule has 1 aliphatic heterocycles. The Morgan fingerprint density at radius 2 is 1.35 bits per heavy atom. The van der Waals surface area contributed by atoms with Gasteiger partial charge in [0.2, 0.25) is 11.6 Å². The van der Waals surface area contributed by atoms with Gasteiger partial charge in [0, 0.05) is 28.2 Å². The minimum absolute atomic E-state index is 0.0824. The number of allylic oxidation sites excluding steroid dienone is 2. The Hall–Kier alpha value is -3.54. The Balaban J connectivity index is 1.49. The van der Waals surface area contributed by atoms with E-state index in [0.717, 1.165) is 34.0 Å². The Bertz CT molecular complexity index is 1260. The quantitative estimate of drug-likeness (QED) is 0.641. The Morgan fingerprint density at radius 3 is 1.94 bits per heavy atom. The number of benzene rings is 2. The van der Waals surface area contributed by atoms with Crippen LogP contribution in [0.5, 0.6) is 0 Å². The van der Waals surface area contributed by atoms with Crippen molar-refractivity contribution in [1.82, 2.24) is 18.9 Å². The van der Waals surface area contributed by atoms with Crippen LogP contribution in [0, 0.1) is 0 Å². The van der Waals surface area contributed by atoms with Crippen molar-refractivity contribution >= 4 is 28.4 Å². The molecular formula is C25H28N6. The van der Waals surface area contributed by atoms with Gasteiger partial charge in [0.1, 0.15) is 0 Å². The largest absolute Gasteiger partial charge is 0.336 e. The van der Waals surface area contributed by atoms with Crippen LogP contribution >= 0.6 is 0 Å². The highest BCUT2D eigenvalue weighted by atomic mass is 15.5. The van der Waals surface area contributed by atoms with Gasteiger partial charge in [0.25, 0.3) is 0 Å². The molecule has 158 valence electrons. The second-order valence-corrected chi connectivity index (χ2v) is 8.53. The predicted octanol–water partition coefficient (Wildman–Crippen LogP) is 3.87. The molecule has 2 aromatic carbocycles. The van der Waals surface area contributed by atoms with Gasteiger partial charge in [0.05, 0.1) is 34.0 Å². The molecule has 31 heavy (non-hydrogen) atoms. The van der Waals surface area contributed by atoms with Crippen LogP contribution in [0.4, 0.5) is 11.4 Å². The first kappa shape index (κ1) is 19.4. The molecular weight excluding hydrogens is 384 g/mol. The van der Waals surface area contributed by atoms with Gasteiger partial charge in [-0.1, -0.05) is 36.4 Å². The number of aliphatic imine (C=N–C) groups is 1. The third kappa shape index (κ3) is 2.93. The molecule has 0 saturated carbocycles. The highest BCUT2D eigenvalue weighted by Crippen LogP contribution is 2.35. The number of hydrogen-bond acceptors (Lipinski definition) is 2. The van der Waals surface area contributed by atoms with Crippen molar-refractivity contribution in [1.29, 1.82) is 0 Å². The van der Waals surface area contributed by atoms with E-state index in [-0.39, 0.29) is 11.6 Å². The fourth-order valence-corrected chi connectivity index (χ4v) is 4.73. The number of nitrogens with zero attached hydrogens (tertiary/aromatic N) is 6. The standard InChI is InChI=1S/C25H28N6/c1-25-17-9-8-12-22(25)30(4)24(31(25)5)27-19-15-13-18(14-16-19)26-23-28(2)20-10-6-7-11-21(20)29(23)3/h6-17,22H,1-5H3/b27-24-. The first-order valence-corrected chi connectivity index (χ1v) is 10.6. The van der Waals surface area contributed by atoms with E-state index in [0.29, 0.717) is 0 Å². The zero-order valence-electron chi connectivity index (χ0n) is 18.7. The molecule has 6 heteroatoms. The fourth-order valence-electron chi connectivity index (χ4n) is 4.73. The predicted molar refractivity (Wildman–Crippen MR) is 127 cm³/mol. The van der Waals surface area contributed by atoms with Gasteiger partial charge in [-0.05, 0) is 43.3 Å². The maximum atomic E-state index is 4.96. The van der Waals surface area contributed by atoms with E-state index in [2.05, 4.69) is 103 Å². The van der Waals surface area contributed by atoms with E-state index in [1.807, 2.05) is 24.3 Å². The van der Waals surface area contributed by atoms with Crippen molar-refractivity contribution in [2.75, 3.05) is 14.1 Å². The van der Waals surface area contributed by atoms with Gasteiger partial charge >= 0.3 is 0 Å². The van der Waals surface area contributed by atoms with E-state index in [4.69, 9.17) is 9.98 Å². The Labute approximate surface area is 182 Å². The van der Waals surface area contributed by atoms with Crippen LogP contribution < -0.4 is 5.62 Å². The molecule has 2 heterocycles. The summed E-state index contributed by atoms with van der Waals surface area (Å²) in [5, 5.41) is 0. The second-order valence-electron chi connectivity index (χ2n) is 8.53. The minimum Gasteiger partial charge on any atom is -0.336 e. The van der Waals surface area contributed by atoms with Crippen LogP contribution in [0.3, 0.4) is 0 Å². The molecule has 2 unspecified atom stereocenters. The molecule has 2 atom stereocenters. The number of aromatic nitrogens is 2. The van der Waals surface area contributed by atoms with Gasteiger partial charge in [0.15, 0.2) is 0 Å². The lowest BCUT2D eigenvalue weighted by Crippen LogP contribution is -2.45. The molecule has 5 rings (SSSR count). The third-order valence-corrected chi connectivity index (χ3v) is 6.70. The normalized spacial score (nSPS) is 23.8. The van der Waals surface area contributed by atoms with E-state index < -0.39 is 0 Å². The molecule has 6 nitrogen and oxygen atoms in total. The third-order valence-electron chi connectivity index (χ3n) is 6.70. The maximum Gasteiger partial charge on any atom is 0.210 e. The summed E-state index contributed by atoms with van der Waals surface area (Å²) < 4.78 is 4.24. The Kier molecular flexibility index (Phi) is 4.39. The van der Waals surface area contributed by atoms with Crippen LogP contribution in [0.25, 0.3) is 11.0 Å². The second kappa shape index (κ2) is 7.01. The number of hydrogen-bond donors (Lipinski definition) is 0. The molecule has 3 aromatic rings. The molecule has 0 N–H and O–H groups in total. The molecule has 1 aromatic heterocycles. The summed E-state index contributed by atoms with van der Waals surface area (Å²) in [4.78, 5) is 14.3. The van der Waals surface area contributed by atoms with Crippen molar-refractivity contribution in [3.8, 4) is 0 Å². The lowest BCUT2D eigenvalue weighted by atomic mass is 9.88. The first-order valence-electron chi connectivity index (χ1n) is 10.6. The monoisotopic (exact) mass is 412 g/mol. The first-order chi connectivity index (χ1) is 14.9. The number of imidazole rings is 1. The van der Waals surface area contributed by atoms with E-state index in [1.54, 1.807) is 0 Å². The average Bonchev–Trinajstić information content (AvgIpc) is 3.13. The van der Waals surface area contributed by atoms with Crippen LogP contribution in [-0.4, -0.2) is 50.6 Å². The highest BCUT2D eigenvalue weighted by molar-refractivity contribution is 5.87.